The van der Waals surface area contributed by atoms with Gasteiger partial charge in [0.05, 0.1) is 0 Å². The predicted molar refractivity (Wildman–Crippen MR) is 59.0 cm³/mol. The second-order valence-corrected chi connectivity index (χ2v) is 3.77. The van der Waals surface area contributed by atoms with E-state index in [4.69, 9.17) is 23.8 Å². The lowest BCUT2D eigenvalue weighted by atomic mass is 10.1. The number of benzene rings is 1. The maximum absolute atomic E-state index is 5.99. The fourth-order valence-electron chi connectivity index (χ4n) is 1.15. The molecule has 5 heteroatoms. The van der Waals surface area contributed by atoms with E-state index >= 15 is 0 Å². The topological polar surface area (TPSA) is 44.5 Å². The number of nitrogens with zero attached hydrogens (tertiary/aromatic N) is 1. The number of aromatic nitrogens is 3. The Balaban J connectivity index is 2.52. The molecular weight excluding hydrogens is 218 g/mol. The van der Waals surface area contributed by atoms with Gasteiger partial charge in [-0.25, -0.2) is 0 Å². The first-order chi connectivity index (χ1) is 6.66. The summed E-state index contributed by atoms with van der Waals surface area (Å²) in [5, 5.41) is 6.33. The molecular formula is C9H8ClN3S. The van der Waals surface area contributed by atoms with Crippen LogP contribution in [0.1, 0.15) is 5.56 Å². The van der Waals surface area contributed by atoms with Crippen LogP contribution in [0.25, 0.3) is 11.4 Å². The van der Waals surface area contributed by atoms with E-state index in [1.54, 1.807) is 0 Å². The van der Waals surface area contributed by atoms with Crippen molar-refractivity contribution in [1.82, 2.24) is 15.2 Å². The van der Waals surface area contributed by atoms with Crippen molar-refractivity contribution in [3.05, 3.63) is 33.6 Å². The van der Waals surface area contributed by atoms with Crippen molar-refractivity contribution in [2.75, 3.05) is 0 Å². The Bertz CT molecular complexity index is 515. The van der Waals surface area contributed by atoms with Gasteiger partial charge < -0.3 is 0 Å². The van der Waals surface area contributed by atoms with Gasteiger partial charge in [0.1, 0.15) is 0 Å². The van der Waals surface area contributed by atoms with Crippen LogP contribution in [0.2, 0.25) is 5.02 Å². The molecule has 1 aromatic carbocycles. The van der Waals surface area contributed by atoms with Crippen molar-refractivity contribution >= 4 is 23.8 Å². The number of hydrogen-bond acceptors (Lipinski definition) is 2. The average Bonchev–Trinajstić information content (AvgIpc) is 2.57. The highest BCUT2D eigenvalue weighted by atomic mass is 35.5. The first kappa shape index (κ1) is 9.43. The number of hydrogen-bond donors (Lipinski definition) is 2. The minimum Gasteiger partial charge on any atom is -0.282 e. The molecule has 0 amide bonds. The summed E-state index contributed by atoms with van der Waals surface area (Å²) in [6.07, 6.45) is 0. The predicted octanol–water partition coefficient (Wildman–Crippen LogP) is 3.10. The molecule has 2 N–H and O–H groups in total. The normalized spacial score (nSPS) is 10.4. The van der Waals surface area contributed by atoms with Crippen molar-refractivity contribution in [3.63, 3.8) is 0 Å². The molecule has 2 aromatic rings. The van der Waals surface area contributed by atoms with E-state index in [1.165, 1.54) is 0 Å². The van der Waals surface area contributed by atoms with Crippen molar-refractivity contribution in [2.24, 2.45) is 0 Å². The summed E-state index contributed by atoms with van der Waals surface area (Å²) in [4.78, 5) is 4.10. The molecule has 1 aromatic heterocycles. The summed E-state index contributed by atoms with van der Waals surface area (Å²) in [7, 11) is 0. The maximum Gasteiger partial charge on any atom is 0.213 e. The Morgan fingerprint density at radius 2 is 2.14 bits per heavy atom. The minimum absolute atomic E-state index is 0.441. The lowest BCUT2D eigenvalue weighted by molar-refractivity contribution is 1.08. The van der Waals surface area contributed by atoms with E-state index in [0.29, 0.717) is 10.6 Å². The average molecular weight is 226 g/mol. The molecule has 0 aliphatic rings. The monoisotopic (exact) mass is 225 g/mol. The molecule has 0 aliphatic heterocycles. The number of nitrogens with one attached hydrogen (secondary N) is 2. The lowest BCUT2D eigenvalue weighted by Crippen LogP contribution is -1.82. The zero-order valence-electron chi connectivity index (χ0n) is 7.47. The first-order valence-corrected chi connectivity index (χ1v) is 4.86. The smallest absolute Gasteiger partial charge is 0.213 e. The summed E-state index contributed by atoms with van der Waals surface area (Å²) in [5.74, 6) is 0.705. The Morgan fingerprint density at radius 3 is 2.71 bits per heavy atom. The van der Waals surface area contributed by atoms with E-state index in [1.807, 2.05) is 25.1 Å². The van der Waals surface area contributed by atoms with Crippen molar-refractivity contribution in [2.45, 2.75) is 6.92 Å². The third-order valence-corrected chi connectivity index (χ3v) is 2.55. The highest BCUT2D eigenvalue weighted by Crippen LogP contribution is 2.22. The molecule has 0 spiro atoms. The largest absolute Gasteiger partial charge is 0.282 e. The second-order valence-electron chi connectivity index (χ2n) is 2.98. The third kappa shape index (κ3) is 1.71. The van der Waals surface area contributed by atoms with Crippen LogP contribution in [0.3, 0.4) is 0 Å². The number of rotatable bonds is 1. The number of halogens is 1. The molecule has 72 valence electrons. The Hall–Kier alpha value is -1.13. The van der Waals surface area contributed by atoms with Crippen LogP contribution in [0.15, 0.2) is 18.2 Å². The van der Waals surface area contributed by atoms with Gasteiger partial charge in [-0.05, 0) is 30.8 Å². The molecule has 3 nitrogen and oxygen atoms in total. The van der Waals surface area contributed by atoms with Gasteiger partial charge in [0, 0.05) is 10.6 Å². The highest BCUT2D eigenvalue weighted by Gasteiger charge is 2.02. The van der Waals surface area contributed by atoms with E-state index in [9.17, 15) is 0 Å². The van der Waals surface area contributed by atoms with Crippen LogP contribution in [-0.4, -0.2) is 15.2 Å². The van der Waals surface area contributed by atoms with Gasteiger partial charge in [0.2, 0.25) is 4.77 Å². The van der Waals surface area contributed by atoms with Crippen LogP contribution < -0.4 is 0 Å². The van der Waals surface area contributed by atoms with Gasteiger partial charge in [0.15, 0.2) is 5.82 Å². The van der Waals surface area contributed by atoms with Crippen LogP contribution in [-0.2, 0) is 0 Å². The fraction of sp³-hybridized carbons (Fsp3) is 0.111. The van der Waals surface area contributed by atoms with E-state index in [2.05, 4.69) is 15.2 Å². The van der Waals surface area contributed by atoms with Gasteiger partial charge in [-0.3, -0.25) is 10.2 Å². The molecule has 2 rings (SSSR count). The van der Waals surface area contributed by atoms with Gasteiger partial charge in [-0.2, -0.15) is 4.98 Å². The summed E-state index contributed by atoms with van der Waals surface area (Å²) < 4.78 is 0.441. The SMILES string of the molecule is Cc1ccc(-c2nc(=S)[nH][nH]2)cc1Cl. The molecule has 14 heavy (non-hydrogen) atoms. The molecule has 0 radical (unpaired) electrons. The third-order valence-electron chi connectivity index (χ3n) is 1.95. The molecule has 0 fully saturated rings. The van der Waals surface area contributed by atoms with E-state index in [0.717, 1.165) is 16.1 Å². The highest BCUT2D eigenvalue weighted by molar-refractivity contribution is 7.71. The Labute approximate surface area is 91.1 Å². The number of aromatic amines is 2. The van der Waals surface area contributed by atoms with Crippen LogP contribution in [0.4, 0.5) is 0 Å². The van der Waals surface area contributed by atoms with Gasteiger partial charge in [-0.15, -0.1) is 0 Å². The van der Waals surface area contributed by atoms with Gasteiger partial charge in [0.25, 0.3) is 0 Å². The molecule has 0 atom stereocenters. The lowest BCUT2D eigenvalue weighted by Gasteiger charge is -1.99. The molecule has 0 saturated heterocycles. The Morgan fingerprint density at radius 1 is 1.36 bits per heavy atom. The second kappa shape index (κ2) is 3.55. The quantitative estimate of drug-likeness (QED) is 0.733. The number of aryl methyl sites for hydroxylation is 1. The minimum atomic E-state index is 0.441. The summed E-state index contributed by atoms with van der Waals surface area (Å²) in [5.41, 5.74) is 1.97. The van der Waals surface area contributed by atoms with Crippen LogP contribution in [0.5, 0.6) is 0 Å². The first-order valence-electron chi connectivity index (χ1n) is 4.08. The zero-order chi connectivity index (χ0) is 10.1. The van der Waals surface area contributed by atoms with Crippen molar-refractivity contribution in [3.8, 4) is 11.4 Å². The summed E-state index contributed by atoms with van der Waals surface area (Å²) in [6.45, 7) is 1.96. The molecule has 0 bridgehead atoms. The van der Waals surface area contributed by atoms with E-state index < -0.39 is 0 Å². The zero-order valence-corrected chi connectivity index (χ0v) is 9.04. The molecule has 0 aliphatic carbocycles. The van der Waals surface area contributed by atoms with Crippen molar-refractivity contribution < 1.29 is 0 Å². The molecule has 1 heterocycles. The van der Waals surface area contributed by atoms with Gasteiger partial charge in [-0.1, -0.05) is 23.7 Å². The van der Waals surface area contributed by atoms with Crippen molar-refractivity contribution in [1.29, 1.82) is 0 Å². The maximum atomic E-state index is 5.99. The molecule has 0 unspecified atom stereocenters. The van der Waals surface area contributed by atoms with Crippen LogP contribution >= 0.6 is 23.8 Å². The standard InChI is InChI=1S/C9H8ClN3S/c1-5-2-3-6(4-7(5)10)8-11-9(14)13-12-8/h2-4H,1H3,(H2,11,12,13,14). The number of H-pyrrole nitrogens is 2. The Kier molecular flexibility index (Phi) is 2.39. The van der Waals surface area contributed by atoms with E-state index in [-0.39, 0.29) is 0 Å². The molecule has 0 saturated carbocycles. The van der Waals surface area contributed by atoms with Gasteiger partial charge >= 0.3 is 0 Å². The van der Waals surface area contributed by atoms with Crippen LogP contribution in [0, 0.1) is 11.7 Å². The summed E-state index contributed by atoms with van der Waals surface area (Å²) in [6, 6.07) is 5.75. The fourth-order valence-corrected chi connectivity index (χ4v) is 1.47. The summed E-state index contributed by atoms with van der Waals surface area (Å²) >= 11 is 10.9.